The van der Waals surface area contributed by atoms with Gasteiger partial charge in [0, 0.05) is 19.0 Å². The molecule has 1 unspecified atom stereocenters. The fraction of sp³-hybridized carbons (Fsp3) is 0.364. The normalized spacial score (nSPS) is 20.1. The molecule has 1 aliphatic rings. The minimum atomic E-state index is -3.89. The number of benzene rings is 1. The maximum Gasteiger partial charge on any atom is 0.228 e. The van der Waals surface area contributed by atoms with Crippen LogP contribution in [0.3, 0.4) is 0 Å². The summed E-state index contributed by atoms with van der Waals surface area (Å²) in [5.41, 5.74) is -0.157. The van der Waals surface area contributed by atoms with Crippen molar-refractivity contribution in [2.45, 2.75) is 18.6 Å². The molecule has 0 spiro atoms. The summed E-state index contributed by atoms with van der Waals surface area (Å²) in [4.78, 5) is 12.6. The summed E-state index contributed by atoms with van der Waals surface area (Å²) < 4.78 is 49.5. The van der Waals surface area contributed by atoms with Crippen molar-refractivity contribution in [2.75, 3.05) is 11.4 Å². The average molecular weight is 290 g/mol. The van der Waals surface area contributed by atoms with E-state index in [1.165, 1.54) is 6.92 Å². The Hall–Kier alpha value is -1.54. The van der Waals surface area contributed by atoms with Crippen LogP contribution < -0.4 is 10.0 Å². The molecule has 0 bridgehead atoms. The lowest BCUT2D eigenvalue weighted by molar-refractivity contribution is -0.117. The van der Waals surface area contributed by atoms with Gasteiger partial charge >= 0.3 is 0 Å². The predicted molar refractivity (Wildman–Crippen MR) is 65.0 cm³/mol. The number of nitrogens with two attached hydrogens (primary N) is 1. The summed E-state index contributed by atoms with van der Waals surface area (Å²) >= 11 is 0. The van der Waals surface area contributed by atoms with Crippen molar-refractivity contribution in [1.82, 2.24) is 0 Å². The molecule has 19 heavy (non-hydrogen) atoms. The van der Waals surface area contributed by atoms with Gasteiger partial charge in [-0.2, -0.15) is 0 Å². The fourth-order valence-electron chi connectivity index (χ4n) is 1.97. The number of nitrogens with zero attached hydrogens (tertiary/aromatic N) is 1. The fourth-order valence-corrected chi connectivity index (χ4v) is 2.70. The Kier molecular flexibility index (Phi) is 3.31. The molecule has 0 saturated carbocycles. The number of carbonyl (C=O) groups excluding carboxylic acids is 1. The minimum absolute atomic E-state index is 0.107. The summed E-state index contributed by atoms with van der Waals surface area (Å²) in [5.74, 6) is -2.04. The first-order valence-corrected chi connectivity index (χ1v) is 7.08. The maximum atomic E-state index is 13.7. The van der Waals surface area contributed by atoms with E-state index in [2.05, 4.69) is 0 Å². The molecule has 1 aromatic rings. The van der Waals surface area contributed by atoms with Gasteiger partial charge in [-0.05, 0) is 18.6 Å². The smallest absolute Gasteiger partial charge is 0.228 e. The van der Waals surface area contributed by atoms with Gasteiger partial charge in [-0.15, -0.1) is 0 Å². The number of halogens is 2. The summed E-state index contributed by atoms with van der Waals surface area (Å²) in [5, 5.41) is 3.87. The average Bonchev–Trinajstić information content (AvgIpc) is 2.65. The van der Waals surface area contributed by atoms with Gasteiger partial charge in [0.2, 0.25) is 15.9 Å². The Balaban J connectivity index is 2.39. The van der Waals surface area contributed by atoms with E-state index in [9.17, 15) is 22.0 Å². The molecule has 0 radical (unpaired) electrons. The van der Waals surface area contributed by atoms with Crippen molar-refractivity contribution in [1.29, 1.82) is 0 Å². The molecule has 8 heteroatoms. The van der Waals surface area contributed by atoms with Crippen LogP contribution in [-0.2, 0) is 14.8 Å². The van der Waals surface area contributed by atoms with E-state index in [1.807, 2.05) is 0 Å². The molecular formula is C11H12F2N2O3S. The highest BCUT2D eigenvalue weighted by Gasteiger charge is 2.38. The molecule has 0 aliphatic carbocycles. The van der Waals surface area contributed by atoms with Crippen molar-refractivity contribution in [2.24, 2.45) is 5.14 Å². The maximum absolute atomic E-state index is 13.7. The second-order valence-electron chi connectivity index (χ2n) is 4.47. The first kappa shape index (κ1) is 13.9. The number of carbonyl (C=O) groups is 1. The zero-order valence-electron chi connectivity index (χ0n) is 10.1. The first-order chi connectivity index (χ1) is 8.70. The summed E-state index contributed by atoms with van der Waals surface area (Å²) in [6.07, 6.45) is -0.326. The Morgan fingerprint density at radius 1 is 1.32 bits per heavy atom. The van der Waals surface area contributed by atoms with E-state index in [0.29, 0.717) is 0 Å². The van der Waals surface area contributed by atoms with Crippen molar-refractivity contribution >= 4 is 21.6 Å². The molecule has 1 fully saturated rings. The molecule has 104 valence electrons. The Bertz CT molecular complexity index is 646. The number of hydrogen-bond acceptors (Lipinski definition) is 3. The monoisotopic (exact) mass is 290 g/mol. The van der Waals surface area contributed by atoms with Gasteiger partial charge in [0.05, 0.1) is 5.69 Å². The zero-order chi connectivity index (χ0) is 14.4. The van der Waals surface area contributed by atoms with Crippen LogP contribution in [0.1, 0.15) is 12.0 Å². The summed E-state index contributed by atoms with van der Waals surface area (Å²) in [6, 6.07) is 1.84. The van der Waals surface area contributed by atoms with Gasteiger partial charge in [-0.3, -0.25) is 4.79 Å². The molecular weight excluding hydrogens is 278 g/mol. The highest BCUT2D eigenvalue weighted by Crippen LogP contribution is 2.28. The topological polar surface area (TPSA) is 80.5 Å². The zero-order valence-corrected chi connectivity index (χ0v) is 10.9. The van der Waals surface area contributed by atoms with Gasteiger partial charge in [0.25, 0.3) is 0 Å². The third kappa shape index (κ3) is 2.59. The van der Waals surface area contributed by atoms with Crippen molar-refractivity contribution in [3.05, 3.63) is 29.3 Å². The Morgan fingerprint density at radius 2 is 1.95 bits per heavy atom. The van der Waals surface area contributed by atoms with E-state index in [0.717, 1.165) is 17.0 Å². The third-order valence-electron chi connectivity index (χ3n) is 3.07. The molecule has 5 nitrogen and oxygen atoms in total. The van der Waals surface area contributed by atoms with Crippen molar-refractivity contribution in [3.8, 4) is 0 Å². The number of amides is 1. The largest absolute Gasteiger partial charge is 0.308 e. The van der Waals surface area contributed by atoms with Crippen LogP contribution in [-0.4, -0.2) is 26.1 Å². The molecule has 1 aliphatic heterocycles. The standard InChI is InChI=1S/C11H12F2N2O3S/c1-6-2-9(13)10(4-8(6)12)15-5-7(3-11(15)16)19(14,17)18/h2,4,7H,3,5H2,1H3,(H2,14,17,18). The Morgan fingerprint density at radius 3 is 2.47 bits per heavy atom. The van der Waals surface area contributed by atoms with Crippen molar-refractivity contribution in [3.63, 3.8) is 0 Å². The number of anilines is 1. The van der Waals surface area contributed by atoms with Crippen LogP contribution in [0.15, 0.2) is 12.1 Å². The second kappa shape index (κ2) is 4.53. The van der Waals surface area contributed by atoms with Gasteiger partial charge in [-0.25, -0.2) is 22.3 Å². The molecule has 2 rings (SSSR count). The number of aryl methyl sites for hydroxylation is 1. The SMILES string of the molecule is Cc1cc(F)c(N2CC(S(N)(=O)=O)CC2=O)cc1F. The summed E-state index contributed by atoms with van der Waals surface area (Å²) in [7, 11) is -3.89. The van der Waals surface area contributed by atoms with E-state index >= 15 is 0 Å². The van der Waals surface area contributed by atoms with Crippen LogP contribution in [0.25, 0.3) is 0 Å². The summed E-state index contributed by atoms with van der Waals surface area (Å²) in [6.45, 7) is 1.12. The minimum Gasteiger partial charge on any atom is -0.308 e. The predicted octanol–water partition coefficient (Wildman–Crippen LogP) is 0.667. The number of sulfonamides is 1. The van der Waals surface area contributed by atoms with Gasteiger partial charge < -0.3 is 4.90 Å². The van der Waals surface area contributed by atoms with Crippen LogP contribution in [0.5, 0.6) is 0 Å². The van der Waals surface area contributed by atoms with Gasteiger partial charge in [-0.1, -0.05) is 0 Å². The highest BCUT2D eigenvalue weighted by molar-refractivity contribution is 7.89. The van der Waals surface area contributed by atoms with Crippen LogP contribution in [0.2, 0.25) is 0 Å². The first-order valence-electron chi connectivity index (χ1n) is 5.48. The van der Waals surface area contributed by atoms with Crippen LogP contribution >= 0.6 is 0 Å². The lowest BCUT2D eigenvalue weighted by atomic mass is 10.2. The molecule has 2 N–H and O–H groups in total. The lowest BCUT2D eigenvalue weighted by Gasteiger charge is -2.17. The quantitative estimate of drug-likeness (QED) is 0.869. The van der Waals surface area contributed by atoms with Crippen LogP contribution in [0.4, 0.5) is 14.5 Å². The third-order valence-corrected chi connectivity index (χ3v) is 4.32. The number of rotatable bonds is 2. The molecule has 1 atom stereocenters. The number of primary sulfonamides is 1. The number of hydrogen-bond donors (Lipinski definition) is 1. The molecule has 1 aromatic carbocycles. The second-order valence-corrected chi connectivity index (χ2v) is 6.32. The highest BCUT2D eigenvalue weighted by atomic mass is 32.2. The van der Waals surface area contributed by atoms with Gasteiger partial charge in [0.15, 0.2) is 0 Å². The van der Waals surface area contributed by atoms with E-state index in [-0.39, 0.29) is 24.2 Å². The lowest BCUT2D eigenvalue weighted by Crippen LogP contribution is -2.32. The molecule has 1 heterocycles. The van der Waals surface area contributed by atoms with E-state index in [4.69, 9.17) is 5.14 Å². The molecule has 1 amide bonds. The molecule has 0 aromatic heterocycles. The van der Waals surface area contributed by atoms with E-state index < -0.39 is 32.8 Å². The Labute approximate surface area is 109 Å². The van der Waals surface area contributed by atoms with Gasteiger partial charge in [0.1, 0.15) is 16.9 Å². The van der Waals surface area contributed by atoms with Crippen LogP contribution in [0, 0.1) is 18.6 Å². The van der Waals surface area contributed by atoms with Crippen molar-refractivity contribution < 1.29 is 22.0 Å². The van der Waals surface area contributed by atoms with E-state index in [1.54, 1.807) is 0 Å². The molecule has 1 saturated heterocycles.